The van der Waals surface area contributed by atoms with Crippen LogP contribution in [0.25, 0.3) is 16.9 Å². The maximum Gasteiger partial charge on any atom is 0.255 e. The molecule has 1 saturated heterocycles. The van der Waals surface area contributed by atoms with Crippen molar-refractivity contribution in [1.82, 2.24) is 19.2 Å². The number of carbonyl (C=O) groups excluding carboxylic acids is 1. The van der Waals surface area contributed by atoms with Crippen LogP contribution >= 0.6 is 12.4 Å². The van der Waals surface area contributed by atoms with Gasteiger partial charge in [-0.3, -0.25) is 4.79 Å². The molecule has 3 heterocycles. The predicted molar refractivity (Wildman–Crippen MR) is 161 cm³/mol. The van der Waals surface area contributed by atoms with E-state index in [0.717, 1.165) is 73.5 Å². The number of hydrogen-bond donors (Lipinski definition) is 0. The second kappa shape index (κ2) is 14.5. The summed E-state index contributed by atoms with van der Waals surface area (Å²) in [6.07, 6.45) is 8.52. The third-order valence-electron chi connectivity index (χ3n) is 7.58. The summed E-state index contributed by atoms with van der Waals surface area (Å²) in [5.74, 6) is 1.21. The number of hydrogen-bond acceptors (Lipinski definition) is 4. The van der Waals surface area contributed by atoms with E-state index in [2.05, 4.69) is 43.1 Å². The molecule has 0 saturated carbocycles. The van der Waals surface area contributed by atoms with Crippen molar-refractivity contribution in [2.24, 2.45) is 11.8 Å². The number of aromatic nitrogens is 2. The molecule has 1 amide bonds. The van der Waals surface area contributed by atoms with Gasteiger partial charge in [0, 0.05) is 24.8 Å². The van der Waals surface area contributed by atoms with Crippen LogP contribution in [0.1, 0.15) is 81.4 Å². The molecule has 0 aliphatic carbocycles. The van der Waals surface area contributed by atoms with Crippen molar-refractivity contribution in [3.8, 4) is 17.3 Å². The Morgan fingerprint density at radius 3 is 2.23 bits per heavy atom. The molecule has 1 aromatic carbocycles. The SMILES string of the molecule is CC(C)CCN(CCC(C)C)C(=O)c1ccc2nc(-c3ccc(C#N)cc3)c(CCCN3CCCC3)n2c1.Cl. The van der Waals surface area contributed by atoms with E-state index in [1.165, 1.54) is 25.9 Å². The number of likely N-dealkylation sites (tertiary alicyclic amines) is 1. The van der Waals surface area contributed by atoms with Gasteiger partial charge in [0.15, 0.2) is 0 Å². The standard InChI is InChI=1S/C32H43N5O.ClH/c1-24(2)15-20-36(21-16-25(3)4)32(38)28-13-14-30-34-31(27-11-9-26(22-33)10-12-27)29(37(30)23-28)8-7-19-35-17-5-6-18-35;/h9-14,23-25H,5-8,15-21H2,1-4H3;1H. The smallest absolute Gasteiger partial charge is 0.255 e. The highest BCUT2D eigenvalue weighted by Crippen LogP contribution is 2.27. The van der Waals surface area contributed by atoms with Crippen LogP contribution < -0.4 is 0 Å². The first-order valence-electron chi connectivity index (χ1n) is 14.4. The summed E-state index contributed by atoms with van der Waals surface area (Å²) in [5, 5.41) is 9.24. The lowest BCUT2D eigenvalue weighted by molar-refractivity contribution is 0.0740. The van der Waals surface area contributed by atoms with E-state index >= 15 is 0 Å². The molecule has 1 aliphatic rings. The van der Waals surface area contributed by atoms with Crippen LogP contribution in [-0.2, 0) is 6.42 Å². The zero-order chi connectivity index (χ0) is 27.1. The van der Waals surface area contributed by atoms with Crippen molar-refractivity contribution >= 4 is 24.0 Å². The molecule has 210 valence electrons. The fraction of sp³-hybridized carbons (Fsp3) is 0.531. The van der Waals surface area contributed by atoms with Crippen molar-refractivity contribution in [3.63, 3.8) is 0 Å². The number of amides is 1. The number of aryl methyl sites for hydroxylation is 1. The van der Waals surface area contributed by atoms with Gasteiger partial charge in [-0.2, -0.15) is 5.26 Å². The highest BCUT2D eigenvalue weighted by molar-refractivity contribution is 5.94. The Hall–Kier alpha value is -2.88. The van der Waals surface area contributed by atoms with Crippen LogP contribution in [0.4, 0.5) is 0 Å². The first kappa shape index (κ1) is 30.7. The lowest BCUT2D eigenvalue weighted by atomic mass is 10.1. The molecule has 0 atom stereocenters. The van der Waals surface area contributed by atoms with E-state index in [1.807, 2.05) is 47.5 Å². The highest BCUT2D eigenvalue weighted by atomic mass is 35.5. The Balaban J connectivity index is 0.00000420. The van der Waals surface area contributed by atoms with Crippen LogP contribution in [0.3, 0.4) is 0 Å². The van der Waals surface area contributed by atoms with Crippen molar-refractivity contribution in [2.45, 2.75) is 66.2 Å². The summed E-state index contributed by atoms with van der Waals surface area (Å²) in [4.78, 5) is 23.3. The maximum atomic E-state index is 13.7. The number of rotatable bonds is 12. The number of pyridine rings is 1. The molecule has 3 aromatic rings. The summed E-state index contributed by atoms with van der Waals surface area (Å²) >= 11 is 0. The van der Waals surface area contributed by atoms with Crippen molar-refractivity contribution in [2.75, 3.05) is 32.7 Å². The number of nitrogens with zero attached hydrogens (tertiary/aromatic N) is 5. The fourth-order valence-electron chi connectivity index (χ4n) is 5.19. The summed E-state index contributed by atoms with van der Waals surface area (Å²) in [5.41, 5.74) is 5.30. The minimum absolute atomic E-state index is 0. The van der Waals surface area contributed by atoms with Crippen LogP contribution in [0.5, 0.6) is 0 Å². The molecule has 0 unspecified atom stereocenters. The van der Waals surface area contributed by atoms with Gasteiger partial charge < -0.3 is 14.2 Å². The molecule has 39 heavy (non-hydrogen) atoms. The van der Waals surface area contributed by atoms with Crippen molar-refractivity contribution in [1.29, 1.82) is 5.26 Å². The first-order valence-corrected chi connectivity index (χ1v) is 14.4. The number of benzene rings is 1. The minimum Gasteiger partial charge on any atom is -0.339 e. The first-order chi connectivity index (χ1) is 18.4. The van der Waals surface area contributed by atoms with Gasteiger partial charge in [0.2, 0.25) is 0 Å². The third-order valence-corrected chi connectivity index (χ3v) is 7.58. The number of carbonyl (C=O) groups is 1. The van der Waals surface area contributed by atoms with E-state index in [1.54, 1.807) is 0 Å². The van der Waals surface area contributed by atoms with Gasteiger partial charge in [-0.05, 0) is 94.3 Å². The van der Waals surface area contributed by atoms with E-state index in [-0.39, 0.29) is 18.3 Å². The van der Waals surface area contributed by atoms with Crippen LogP contribution in [0.2, 0.25) is 0 Å². The van der Waals surface area contributed by atoms with E-state index in [0.29, 0.717) is 17.4 Å². The number of fused-ring (bicyclic) bond motifs is 1. The molecular weight excluding hydrogens is 506 g/mol. The zero-order valence-corrected chi connectivity index (χ0v) is 24.8. The largest absolute Gasteiger partial charge is 0.339 e. The Morgan fingerprint density at radius 2 is 1.64 bits per heavy atom. The van der Waals surface area contributed by atoms with Gasteiger partial charge in [0.1, 0.15) is 5.65 Å². The summed E-state index contributed by atoms with van der Waals surface area (Å²) in [6.45, 7) is 13.9. The van der Waals surface area contributed by atoms with Crippen LogP contribution in [0.15, 0.2) is 42.6 Å². The molecular formula is C32H44ClN5O. The van der Waals surface area contributed by atoms with E-state index in [9.17, 15) is 10.1 Å². The topological polar surface area (TPSA) is 64.6 Å². The average molecular weight is 550 g/mol. The van der Waals surface area contributed by atoms with Gasteiger partial charge >= 0.3 is 0 Å². The number of halogens is 1. The Kier molecular flexibility index (Phi) is 11.4. The highest BCUT2D eigenvalue weighted by Gasteiger charge is 2.20. The predicted octanol–water partition coefficient (Wildman–Crippen LogP) is 6.86. The monoisotopic (exact) mass is 549 g/mol. The summed E-state index contributed by atoms with van der Waals surface area (Å²) < 4.78 is 2.13. The zero-order valence-electron chi connectivity index (χ0n) is 24.0. The van der Waals surface area contributed by atoms with E-state index in [4.69, 9.17) is 4.98 Å². The van der Waals surface area contributed by atoms with Gasteiger partial charge in [0.25, 0.3) is 5.91 Å². The molecule has 2 aromatic heterocycles. The number of imidazole rings is 1. The lowest BCUT2D eigenvalue weighted by Gasteiger charge is -2.24. The molecule has 1 aliphatic heterocycles. The fourth-order valence-corrected chi connectivity index (χ4v) is 5.19. The van der Waals surface area contributed by atoms with Gasteiger partial charge in [-0.1, -0.05) is 39.8 Å². The molecule has 0 N–H and O–H groups in total. The second-order valence-corrected chi connectivity index (χ2v) is 11.6. The van der Waals surface area contributed by atoms with Crippen LogP contribution in [-0.4, -0.2) is 57.8 Å². The van der Waals surface area contributed by atoms with Crippen molar-refractivity contribution in [3.05, 3.63) is 59.4 Å². The minimum atomic E-state index is 0. The third kappa shape index (κ3) is 8.06. The van der Waals surface area contributed by atoms with Crippen LogP contribution in [0, 0.1) is 23.2 Å². The Labute approximate surface area is 240 Å². The molecule has 1 fully saturated rings. The lowest BCUT2D eigenvalue weighted by Crippen LogP contribution is -2.34. The molecule has 0 spiro atoms. The van der Waals surface area contributed by atoms with Gasteiger partial charge in [0.05, 0.1) is 28.6 Å². The molecule has 0 bridgehead atoms. The maximum absolute atomic E-state index is 13.7. The average Bonchev–Trinajstić information content (AvgIpc) is 3.56. The normalized spacial score (nSPS) is 13.7. The van der Waals surface area contributed by atoms with Crippen molar-refractivity contribution < 1.29 is 4.79 Å². The number of nitriles is 1. The molecule has 0 radical (unpaired) electrons. The van der Waals surface area contributed by atoms with Gasteiger partial charge in [-0.15, -0.1) is 12.4 Å². The second-order valence-electron chi connectivity index (χ2n) is 11.6. The summed E-state index contributed by atoms with van der Waals surface area (Å²) in [7, 11) is 0. The Bertz CT molecular complexity index is 1240. The summed E-state index contributed by atoms with van der Waals surface area (Å²) in [6, 6.07) is 13.8. The van der Waals surface area contributed by atoms with Gasteiger partial charge in [-0.25, -0.2) is 4.98 Å². The molecule has 4 rings (SSSR count). The molecule has 6 nitrogen and oxygen atoms in total. The Morgan fingerprint density at radius 1 is 1.00 bits per heavy atom. The molecule has 7 heteroatoms. The quantitative estimate of drug-likeness (QED) is 0.247. The van der Waals surface area contributed by atoms with E-state index < -0.39 is 0 Å².